The van der Waals surface area contributed by atoms with Crippen molar-refractivity contribution < 1.29 is 14.3 Å². The molecule has 0 aromatic heterocycles. The van der Waals surface area contributed by atoms with Crippen LogP contribution in [0.5, 0.6) is 0 Å². The zero-order chi connectivity index (χ0) is 21.1. The third kappa shape index (κ3) is 4.27. The van der Waals surface area contributed by atoms with Gasteiger partial charge in [-0.15, -0.1) is 0 Å². The molecule has 2 amide bonds. The normalized spacial score (nSPS) is 17.1. The molecule has 1 aliphatic rings. The molecule has 6 heteroatoms. The molecule has 0 aliphatic carbocycles. The summed E-state index contributed by atoms with van der Waals surface area (Å²) in [5.74, 6) is -0.170. The summed E-state index contributed by atoms with van der Waals surface area (Å²) in [4.78, 5) is 31.9. The molecule has 0 spiro atoms. The van der Waals surface area contributed by atoms with Crippen molar-refractivity contribution in [3.63, 3.8) is 0 Å². The topological polar surface area (TPSA) is 53.1 Å². The van der Waals surface area contributed by atoms with Crippen molar-refractivity contribution in [3.05, 3.63) is 59.2 Å². The number of methoxy groups -OCH3 is 1. The lowest BCUT2D eigenvalue weighted by Crippen LogP contribution is -2.56. The second-order valence-electron chi connectivity index (χ2n) is 7.69. The molecule has 1 heterocycles. The highest BCUT2D eigenvalue weighted by atomic mass is 16.5. The molecule has 1 atom stereocenters. The van der Waals surface area contributed by atoms with E-state index in [0.717, 1.165) is 28.1 Å². The summed E-state index contributed by atoms with van der Waals surface area (Å²) < 4.78 is 5.13. The first-order valence-corrected chi connectivity index (χ1v) is 9.77. The first-order chi connectivity index (χ1) is 13.8. The van der Waals surface area contributed by atoms with Gasteiger partial charge in [-0.25, -0.2) is 0 Å². The van der Waals surface area contributed by atoms with Crippen molar-refractivity contribution in [1.82, 2.24) is 4.90 Å². The molecule has 1 saturated heterocycles. The van der Waals surface area contributed by atoms with E-state index >= 15 is 0 Å². The highest BCUT2D eigenvalue weighted by Crippen LogP contribution is 2.35. The maximum absolute atomic E-state index is 13.4. The van der Waals surface area contributed by atoms with Crippen molar-refractivity contribution in [2.24, 2.45) is 0 Å². The van der Waals surface area contributed by atoms with Crippen molar-refractivity contribution in [2.45, 2.75) is 19.9 Å². The SMILES string of the molecule is COCCN1CC(=O)N(c2cc(C)ccc2C)[C@@H](c2ccc(N(C)C)cc2)C1=O. The fourth-order valence-corrected chi connectivity index (χ4v) is 3.63. The van der Waals surface area contributed by atoms with Crippen LogP contribution in [0, 0.1) is 13.8 Å². The molecule has 2 aromatic carbocycles. The van der Waals surface area contributed by atoms with Crippen molar-refractivity contribution in [1.29, 1.82) is 0 Å². The number of aryl methyl sites for hydroxylation is 2. The minimum atomic E-state index is -0.690. The highest BCUT2D eigenvalue weighted by Gasteiger charge is 2.41. The molecule has 0 bridgehead atoms. The molecule has 3 rings (SSSR count). The van der Waals surface area contributed by atoms with Crippen LogP contribution in [0.2, 0.25) is 0 Å². The Hall–Kier alpha value is -2.86. The minimum Gasteiger partial charge on any atom is -0.383 e. The van der Waals surface area contributed by atoms with Gasteiger partial charge in [0, 0.05) is 39.1 Å². The molecule has 0 saturated carbocycles. The number of hydrogen-bond donors (Lipinski definition) is 0. The summed E-state index contributed by atoms with van der Waals surface area (Å²) >= 11 is 0. The van der Waals surface area contributed by atoms with Gasteiger partial charge in [0.15, 0.2) is 0 Å². The zero-order valence-electron chi connectivity index (χ0n) is 17.8. The molecule has 6 nitrogen and oxygen atoms in total. The summed E-state index contributed by atoms with van der Waals surface area (Å²) in [7, 11) is 5.54. The number of benzene rings is 2. The minimum absolute atomic E-state index is 0.0574. The second-order valence-corrected chi connectivity index (χ2v) is 7.69. The Kier molecular flexibility index (Phi) is 6.23. The third-order valence-electron chi connectivity index (χ3n) is 5.31. The highest BCUT2D eigenvalue weighted by molar-refractivity contribution is 6.07. The first-order valence-electron chi connectivity index (χ1n) is 9.77. The predicted molar refractivity (Wildman–Crippen MR) is 115 cm³/mol. The number of nitrogens with zero attached hydrogens (tertiary/aromatic N) is 3. The number of piperazine rings is 1. The zero-order valence-corrected chi connectivity index (χ0v) is 17.8. The average molecular weight is 396 g/mol. The standard InChI is InChI=1S/C23H29N3O3/c1-16-6-7-17(2)20(14-16)26-21(27)15-25(12-13-29-5)23(28)22(26)18-8-10-19(11-9-18)24(3)4/h6-11,14,22H,12-13,15H2,1-5H3/t22-/m0/s1. The van der Waals surface area contributed by atoms with Gasteiger partial charge >= 0.3 is 0 Å². The number of rotatable bonds is 6. The maximum Gasteiger partial charge on any atom is 0.250 e. The Bertz CT molecular complexity index is 893. The number of amides is 2. The van der Waals surface area contributed by atoms with Crippen LogP contribution >= 0.6 is 0 Å². The van der Waals surface area contributed by atoms with E-state index in [1.807, 2.05) is 75.3 Å². The Balaban J connectivity index is 2.08. The van der Waals surface area contributed by atoms with Gasteiger partial charge in [0.25, 0.3) is 5.91 Å². The Morgan fingerprint density at radius 2 is 1.76 bits per heavy atom. The lowest BCUT2D eigenvalue weighted by Gasteiger charge is -2.41. The summed E-state index contributed by atoms with van der Waals surface area (Å²) in [6.07, 6.45) is 0. The van der Waals surface area contributed by atoms with Gasteiger partial charge in [-0.2, -0.15) is 0 Å². The van der Waals surface area contributed by atoms with Gasteiger partial charge in [-0.1, -0.05) is 24.3 Å². The first kappa shape index (κ1) is 20.9. The van der Waals surface area contributed by atoms with E-state index in [1.54, 1.807) is 16.9 Å². The Morgan fingerprint density at radius 1 is 1.07 bits per heavy atom. The van der Waals surface area contributed by atoms with Gasteiger partial charge < -0.3 is 14.5 Å². The molecule has 0 N–H and O–H groups in total. The largest absolute Gasteiger partial charge is 0.383 e. The number of anilines is 2. The number of hydrogen-bond acceptors (Lipinski definition) is 4. The molecule has 0 unspecified atom stereocenters. The van der Waals surface area contributed by atoms with Crippen molar-refractivity contribution in [2.75, 3.05) is 50.7 Å². The molecule has 0 radical (unpaired) electrons. The second kappa shape index (κ2) is 8.66. The number of ether oxygens (including phenoxy) is 1. The summed E-state index contributed by atoms with van der Waals surface area (Å²) in [6, 6.07) is 13.1. The fourth-order valence-electron chi connectivity index (χ4n) is 3.63. The molecular weight excluding hydrogens is 366 g/mol. The Labute approximate surface area is 172 Å². The van der Waals surface area contributed by atoms with Crippen LogP contribution in [0.15, 0.2) is 42.5 Å². The van der Waals surface area contributed by atoms with E-state index in [4.69, 9.17) is 4.74 Å². The lowest BCUT2D eigenvalue weighted by atomic mass is 9.98. The predicted octanol–water partition coefficient (Wildman–Crippen LogP) is 2.93. The van der Waals surface area contributed by atoms with Gasteiger partial charge in [-0.3, -0.25) is 14.5 Å². The monoisotopic (exact) mass is 395 g/mol. The summed E-state index contributed by atoms with van der Waals surface area (Å²) in [5.41, 5.74) is 4.65. The molecule has 29 heavy (non-hydrogen) atoms. The van der Waals surface area contributed by atoms with Crippen molar-refractivity contribution >= 4 is 23.2 Å². The fraction of sp³-hybridized carbons (Fsp3) is 0.391. The van der Waals surface area contributed by atoms with Crippen LogP contribution in [0.3, 0.4) is 0 Å². The lowest BCUT2D eigenvalue weighted by molar-refractivity contribution is -0.142. The number of carbonyl (C=O) groups is 2. The van der Waals surface area contributed by atoms with E-state index < -0.39 is 6.04 Å². The van der Waals surface area contributed by atoms with Gasteiger partial charge in [0.1, 0.15) is 12.6 Å². The molecule has 154 valence electrons. The molecular formula is C23H29N3O3. The van der Waals surface area contributed by atoms with Crippen LogP contribution in [0.1, 0.15) is 22.7 Å². The van der Waals surface area contributed by atoms with Crippen LogP contribution in [0.4, 0.5) is 11.4 Å². The van der Waals surface area contributed by atoms with Gasteiger partial charge in [-0.05, 0) is 48.7 Å². The Morgan fingerprint density at radius 3 is 2.38 bits per heavy atom. The molecule has 1 aliphatic heterocycles. The average Bonchev–Trinajstić information content (AvgIpc) is 2.70. The quantitative estimate of drug-likeness (QED) is 0.755. The van der Waals surface area contributed by atoms with Crippen molar-refractivity contribution in [3.8, 4) is 0 Å². The molecule has 2 aromatic rings. The van der Waals surface area contributed by atoms with Crippen LogP contribution in [0.25, 0.3) is 0 Å². The summed E-state index contributed by atoms with van der Waals surface area (Å²) in [6.45, 7) is 4.81. The van der Waals surface area contributed by atoms with Gasteiger partial charge in [0.05, 0.1) is 6.61 Å². The van der Waals surface area contributed by atoms with E-state index in [-0.39, 0.29) is 18.4 Å². The van der Waals surface area contributed by atoms with E-state index in [0.29, 0.717) is 13.2 Å². The van der Waals surface area contributed by atoms with E-state index in [1.165, 1.54) is 0 Å². The van der Waals surface area contributed by atoms with E-state index in [9.17, 15) is 9.59 Å². The van der Waals surface area contributed by atoms with Crippen LogP contribution in [-0.2, 0) is 14.3 Å². The van der Waals surface area contributed by atoms with E-state index in [2.05, 4.69) is 0 Å². The maximum atomic E-state index is 13.4. The number of carbonyl (C=O) groups excluding carboxylic acids is 2. The van der Waals surface area contributed by atoms with Crippen LogP contribution in [-0.4, -0.2) is 57.6 Å². The smallest absolute Gasteiger partial charge is 0.250 e. The molecule has 1 fully saturated rings. The van der Waals surface area contributed by atoms with Gasteiger partial charge in [0.2, 0.25) is 5.91 Å². The van der Waals surface area contributed by atoms with Crippen LogP contribution < -0.4 is 9.80 Å². The third-order valence-corrected chi connectivity index (χ3v) is 5.31. The summed E-state index contributed by atoms with van der Waals surface area (Å²) in [5, 5.41) is 0.